The van der Waals surface area contributed by atoms with Crippen LogP contribution in [0.4, 0.5) is 0 Å². The van der Waals surface area contributed by atoms with Crippen LogP contribution in [0.25, 0.3) is 0 Å². The quantitative estimate of drug-likeness (QED) is 0.512. The van der Waals surface area contributed by atoms with E-state index in [2.05, 4.69) is 9.72 Å². The van der Waals surface area contributed by atoms with Crippen LogP contribution in [-0.2, 0) is 14.3 Å². The van der Waals surface area contributed by atoms with Crippen LogP contribution in [0.3, 0.4) is 0 Å². The molecule has 0 atom stereocenters. The van der Waals surface area contributed by atoms with Crippen LogP contribution in [0.2, 0.25) is 0 Å². The molecule has 1 fully saturated rings. The molecule has 0 unspecified atom stereocenters. The van der Waals surface area contributed by atoms with Crippen LogP contribution >= 0.6 is 0 Å². The number of aryl methyl sites for hydroxylation is 1. The molecule has 0 aliphatic carbocycles. The first-order chi connectivity index (χ1) is 7.16. The van der Waals surface area contributed by atoms with Gasteiger partial charge in [0.05, 0.1) is 12.8 Å². The van der Waals surface area contributed by atoms with Gasteiger partial charge in [-0.3, -0.25) is 14.6 Å². The molecule has 78 valence electrons. The zero-order chi connectivity index (χ0) is 10.8. The summed E-state index contributed by atoms with van der Waals surface area (Å²) in [4.78, 5) is 26.4. The maximum Gasteiger partial charge on any atom is 0.314 e. The maximum absolute atomic E-state index is 11.1. The molecule has 0 bridgehead atoms. The lowest BCUT2D eigenvalue weighted by molar-refractivity contribution is -0.164. The Labute approximate surface area is 87.3 Å². The molecule has 0 spiro atoms. The summed E-state index contributed by atoms with van der Waals surface area (Å²) in [6.07, 6.45) is 2.15. The average Bonchev–Trinajstić information content (AvgIpc) is 2.16. The third-order valence-electron chi connectivity index (χ3n) is 2.49. The van der Waals surface area contributed by atoms with E-state index in [0.29, 0.717) is 0 Å². The second kappa shape index (κ2) is 3.81. The highest BCUT2D eigenvalue weighted by Gasteiger charge is 2.29. The first-order valence-corrected chi connectivity index (χ1v) is 4.82. The lowest BCUT2D eigenvalue weighted by Gasteiger charge is -2.20. The van der Waals surface area contributed by atoms with E-state index in [0.717, 1.165) is 11.3 Å². The highest BCUT2D eigenvalue weighted by atomic mass is 16.6. The van der Waals surface area contributed by atoms with Gasteiger partial charge in [-0.15, -0.1) is 0 Å². The molecule has 1 aliphatic heterocycles. The molecule has 0 N–H and O–H groups in total. The smallest absolute Gasteiger partial charge is 0.314 e. The number of hydrogen-bond acceptors (Lipinski definition) is 4. The number of aromatic nitrogens is 1. The lowest BCUT2D eigenvalue weighted by Crippen LogP contribution is -2.25. The van der Waals surface area contributed by atoms with Crippen LogP contribution in [0, 0.1) is 6.92 Å². The number of rotatable bonds is 1. The second-order valence-electron chi connectivity index (χ2n) is 3.66. The Kier molecular flexibility index (Phi) is 2.49. The molecular weight excluding hydrogens is 194 g/mol. The Balaban J connectivity index is 2.27. The summed E-state index contributed by atoms with van der Waals surface area (Å²) in [7, 11) is 0. The van der Waals surface area contributed by atoms with E-state index >= 15 is 0 Å². The monoisotopic (exact) mass is 205 g/mol. The minimum absolute atomic E-state index is 0.125. The zero-order valence-electron chi connectivity index (χ0n) is 8.40. The summed E-state index contributed by atoms with van der Waals surface area (Å²) < 4.78 is 4.47. The summed E-state index contributed by atoms with van der Waals surface area (Å²) in [5.41, 5.74) is 1.83. The van der Waals surface area contributed by atoms with E-state index in [9.17, 15) is 9.59 Å². The van der Waals surface area contributed by atoms with Crippen LogP contribution in [0.5, 0.6) is 0 Å². The van der Waals surface area contributed by atoms with Gasteiger partial charge in [0.2, 0.25) is 0 Å². The lowest BCUT2D eigenvalue weighted by atomic mass is 9.92. The van der Waals surface area contributed by atoms with Crippen LogP contribution in [-0.4, -0.2) is 16.9 Å². The molecule has 4 nitrogen and oxygen atoms in total. The summed E-state index contributed by atoms with van der Waals surface area (Å²) in [6.45, 7) is 1.92. The Morgan fingerprint density at radius 2 is 2.00 bits per heavy atom. The predicted molar refractivity (Wildman–Crippen MR) is 52.0 cm³/mol. The summed E-state index contributed by atoms with van der Waals surface area (Å²) in [6, 6.07) is 3.76. The van der Waals surface area contributed by atoms with Crippen molar-refractivity contribution >= 4 is 11.9 Å². The van der Waals surface area contributed by atoms with E-state index < -0.39 is 11.9 Å². The number of nitrogens with zero attached hydrogens (tertiary/aromatic N) is 1. The third-order valence-corrected chi connectivity index (χ3v) is 2.49. The fourth-order valence-corrected chi connectivity index (χ4v) is 1.80. The van der Waals surface area contributed by atoms with Gasteiger partial charge in [0.1, 0.15) is 0 Å². The van der Waals surface area contributed by atoms with E-state index in [-0.39, 0.29) is 18.8 Å². The number of carbonyl (C=O) groups is 2. The Bertz CT molecular complexity index is 398. The highest BCUT2D eigenvalue weighted by Crippen LogP contribution is 2.28. The molecular formula is C11H11NO3. The fourth-order valence-electron chi connectivity index (χ4n) is 1.80. The minimum atomic E-state index is -0.457. The third kappa shape index (κ3) is 2.03. The summed E-state index contributed by atoms with van der Waals surface area (Å²) >= 11 is 0. The molecule has 1 saturated heterocycles. The van der Waals surface area contributed by atoms with Crippen LogP contribution in [0.1, 0.15) is 30.0 Å². The van der Waals surface area contributed by atoms with E-state index in [4.69, 9.17) is 0 Å². The molecule has 1 aromatic heterocycles. The first kappa shape index (κ1) is 9.83. The topological polar surface area (TPSA) is 56.3 Å². The Morgan fingerprint density at radius 1 is 1.33 bits per heavy atom. The van der Waals surface area contributed by atoms with Crippen molar-refractivity contribution < 1.29 is 14.3 Å². The number of cyclic esters (lactones) is 2. The maximum atomic E-state index is 11.1. The molecule has 0 saturated carbocycles. The van der Waals surface area contributed by atoms with Gasteiger partial charge in [0, 0.05) is 17.8 Å². The summed E-state index contributed by atoms with van der Waals surface area (Å²) in [5, 5.41) is 0. The van der Waals surface area contributed by atoms with Crippen molar-refractivity contribution in [3.63, 3.8) is 0 Å². The van der Waals surface area contributed by atoms with Crippen molar-refractivity contribution in [1.29, 1.82) is 0 Å². The molecule has 2 heterocycles. The van der Waals surface area contributed by atoms with Crippen molar-refractivity contribution in [1.82, 2.24) is 4.98 Å². The normalized spacial score (nSPS) is 17.7. The van der Waals surface area contributed by atoms with Gasteiger partial charge in [-0.1, -0.05) is 6.07 Å². The molecule has 0 aromatic carbocycles. The van der Waals surface area contributed by atoms with E-state index in [1.807, 2.05) is 19.1 Å². The van der Waals surface area contributed by atoms with Crippen molar-refractivity contribution in [2.45, 2.75) is 25.7 Å². The van der Waals surface area contributed by atoms with Gasteiger partial charge in [-0.2, -0.15) is 0 Å². The number of pyridine rings is 1. The van der Waals surface area contributed by atoms with Crippen molar-refractivity contribution in [2.75, 3.05) is 0 Å². The number of carbonyl (C=O) groups excluding carboxylic acids is 2. The molecule has 1 aromatic rings. The number of hydrogen-bond donors (Lipinski definition) is 0. The molecule has 15 heavy (non-hydrogen) atoms. The molecule has 2 rings (SSSR count). The van der Waals surface area contributed by atoms with Crippen LogP contribution in [0.15, 0.2) is 18.3 Å². The second-order valence-corrected chi connectivity index (χ2v) is 3.66. The van der Waals surface area contributed by atoms with Crippen molar-refractivity contribution in [2.24, 2.45) is 0 Å². The van der Waals surface area contributed by atoms with Crippen molar-refractivity contribution in [3.8, 4) is 0 Å². The Morgan fingerprint density at radius 3 is 2.60 bits per heavy atom. The fraction of sp³-hybridized carbons (Fsp3) is 0.364. The highest BCUT2D eigenvalue weighted by molar-refractivity contribution is 5.89. The largest absolute Gasteiger partial charge is 0.393 e. The Hall–Kier alpha value is -1.71. The average molecular weight is 205 g/mol. The van der Waals surface area contributed by atoms with E-state index in [1.165, 1.54) is 0 Å². The standard InChI is InChI=1S/C11H11NO3/c1-7-3-2-4-12-11(7)8-5-9(13)15-10(14)6-8/h2-4,8H,5-6H2,1H3. The van der Waals surface area contributed by atoms with Gasteiger partial charge in [-0.25, -0.2) is 0 Å². The predicted octanol–water partition coefficient (Wildman–Crippen LogP) is 1.34. The number of esters is 2. The van der Waals surface area contributed by atoms with Gasteiger partial charge in [0.25, 0.3) is 0 Å². The summed E-state index contributed by atoms with van der Waals surface area (Å²) in [5.74, 6) is -1.04. The van der Waals surface area contributed by atoms with Gasteiger partial charge in [0.15, 0.2) is 0 Å². The molecule has 0 radical (unpaired) electrons. The van der Waals surface area contributed by atoms with Crippen molar-refractivity contribution in [3.05, 3.63) is 29.6 Å². The molecule has 0 amide bonds. The number of ether oxygens (including phenoxy) is 1. The molecule has 4 heteroatoms. The zero-order valence-corrected chi connectivity index (χ0v) is 8.40. The van der Waals surface area contributed by atoms with Gasteiger partial charge < -0.3 is 4.74 Å². The van der Waals surface area contributed by atoms with Gasteiger partial charge in [-0.05, 0) is 18.6 Å². The first-order valence-electron chi connectivity index (χ1n) is 4.82. The molecule has 1 aliphatic rings. The SMILES string of the molecule is Cc1cccnc1C1CC(=O)OC(=O)C1. The minimum Gasteiger partial charge on any atom is -0.393 e. The van der Waals surface area contributed by atoms with Crippen LogP contribution < -0.4 is 0 Å². The van der Waals surface area contributed by atoms with Gasteiger partial charge >= 0.3 is 11.9 Å². The van der Waals surface area contributed by atoms with E-state index in [1.54, 1.807) is 6.20 Å².